The zero-order valence-electron chi connectivity index (χ0n) is 13.0. The van der Waals surface area contributed by atoms with Gasteiger partial charge in [-0.25, -0.2) is 8.78 Å². The molecule has 2 unspecified atom stereocenters. The molecule has 118 valence electrons. The third-order valence-corrected chi connectivity index (χ3v) is 4.57. The van der Waals surface area contributed by atoms with Crippen LogP contribution in [-0.2, 0) is 6.42 Å². The van der Waals surface area contributed by atoms with Gasteiger partial charge < -0.3 is 5.32 Å². The second-order valence-electron chi connectivity index (χ2n) is 6.34. The lowest BCUT2D eigenvalue weighted by Gasteiger charge is -2.25. The summed E-state index contributed by atoms with van der Waals surface area (Å²) >= 11 is 0. The summed E-state index contributed by atoms with van der Waals surface area (Å²) in [7, 11) is 0. The molecule has 1 saturated carbocycles. The molecule has 1 aromatic rings. The second kappa shape index (κ2) is 8.47. The van der Waals surface area contributed by atoms with Crippen molar-refractivity contribution < 1.29 is 8.78 Å². The third kappa shape index (κ3) is 5.39. The van der Waals surface area contributed by atoms with E-state index in [0.717, 1.165) is 37.6 Å². The van der Waals surface area contributed by atoms with Crippen LogP contribution in [-0.4, -0.2) is 13.1 Å². The second-order valence-corrected chi connectivity index (χ2v) is 6.34. The molecule has 0 bridgehead atoms. The molecule has 1 N–H and O–H groups in total. The zero-order chi connectivity index (χ0) is 15.1. The summed E-state index contributed by atoms with van der Waals surface area (Å²) in [6, 6.07) is 3.94. The fourth-order valence-corrected chi connectivity index (χ4v) is 3.49. The van der Waals surface area contributed by atoms with Gasteiger partial charge in [0.15, 0.2) is 0 Å². The van der Waals surface area contributed by atoms with Gasteiger partial charge in [0.2, 0.25) is 0 Å². The largest absolute Gasteiger partial charge is 0.316 e. The highest BCUT2D eigenvalue weighted by Crippen LogP contribution is 2.31. The monoisotopic (exact) mass is 295 g/mol. The Morgan fingerprint density at radius 2 is 1.67 bits per heavy atom. The van der Waals surface area contributed by atoms with Crippen molar-refractivity contribution in [3.05, 3.63) is 35.4 Å². The maximum absolute atomic E-state index is 13.4. The lowest BCUT2D eigenvalue weighted by atomic mass is 9.83. The summed E-state index contributed by atoms with van der Waals surface area (Å²) in [5.41, 5.74) is 0.805. The molecule has 0 radical (unpaired) electrons. The van der Waals surface area contributed by atoms with E-state index in [-0.39, 0.29) is 0 Å². The normalized spacial score (nSPS) is 23.0. The van der Waals surface area contributed by atoms with Crippen LogP contribution in [0.3, 0.4) is 0 Å². The molecule has 2 atom stereocenters. The molecule has 0 heterocycles. The molecule has 0 aromatic heterocycles. The number of hydrogen-bond donors (Lipinski definition) is 1. The molecule has 1 aromatic carbocycles. The number of benzene rings is 1. The van der Waals surface area contributed by atoms with Gasteiger partial charge in [-0.3, -0.25) is 0 Å². The SMILES string of the molecule is CCCNCC1CCCCCC1Cc1cc(F)cc(F)c1. The fourth-order valence-electron chi connectivity index (χ4n) is 3.49. The lowest BCUT2D eigenvalue weighted by molar-refractivity contribution is 0.297. The summed E-state index contributed by atoms with van der Waals surface area (Å²) in [4.78, 5) is 0. The quantitative estimate of drug-likeness (QED) is 0.592. The van der Waals surface area contributed by atoms with Gasteiger partial charge in [0.05, 0.1) is 0 Å². The smallest absolute Gasteiger partial charge is 0.126 e. The van der Waals surface area contributed by atoms with E-state index in [1.54, 1.807) is 0 Å². The number of hydrogen-bond acceptors (Lipinski definition) is 1. The van der Waals surface area contributed by atoms with Crippen molar-refractivity contribution in [2.45, 2.75) is 51.9 Å². The average molecular weight is 295 g/mol. The Bertz CT molecular complexity index is 413. The van der Waals surface area contributed by atoms with Crippen molar-refractivity contribution in [2.75, 3.05) is 13.1 Å². The van der Waals surface area contributed by atoms with E-state index in [1.165, 1.54) is 44.2 Å². The molecule has 3 heteroatoms. The first-order chi connectivity index (χ1) is 10.2. The summed E-state index contributed by atoms with van der Waals surface area (Å²) < 4.78 is 26.7. The first-order valence-corrected chi connectivity index (χ1v) is 8.34. The molecule has 0 aliphatic heterocycles. The Hall–Kier alpha value is -0.960. The Balaban J connectivity index is 2.01. The molecule has 1 fully saturated rings. The molecular weight excluding hydrogens is 268 g/mol. The average Bonchev–Trinajstić information content (AvgIpc) is 2.64. The van der Waals surface area contributed by atoms with Crippen molar-refractivity contribution in [3.8, 4) is 0 Å². The van der Waals surface area contributed by atoms with Crippen molar-refractivity contribution in [1.29, 1.82) is 0 Å². The zero-order valence-corrected chi connectivity index (χ0v) is 13.0. The van der Waals surface area contributed by atoms with Gasteiger partial charge in [0, 0.05) is 6.07 Å². The van der Waals surface area contributed by atoms with Crippen molar-refractivity contribution >= 4 is 0 Å². The number of nitrogens with one attached hydrogen (secondary N) is 1. The Morgan fingerprint density at radius 3 is 2.33 bits per heavy atom. The number of halogens is 2. The molecule has 0 amide bonds. The van der Waals surface area contributed by atoms with Gasteiger partial charge in [-0.05, 0) is 68.3 Å². The molecule has 1 aliphatic rings. The van der Waals surface area contributed by atoms with Crippen LogP contribution >= 0.6 is 0 Å². The maximum atomic E-state index is 13.4. The molecule has 1 nitrogen and oxygen atoms in total. The van der Waals surface area contributed by atoms with Crippen molar-refractivity contribution in [3.63, 3.8) is 0 Å². The van der Waals surface area contributed by atoms with E-state index >= 15 is 0 Å². The van der Waals surface area contributed by atoms with Crippen LogP contribution in [0.1, 0.15) is 51.0 Å². The summed E-state index contributed by atoms with van der Waals surface area (Å²) in [6.07, 6.45) is 8.17. The fraction of sp³-hybridized carbons (Fsp3) is 0.667. The molecule has 2 rings (SSSR count). The van der Waals surface area contributed by atoms with E-state index in [2.05, 4.69) is 12.2 Å². The first-order valence-electron chi connectivity index (χ1n) is 8.34. The van der Waals surface area contributed by atoms with Crippen molar-refractivity contribution in [2.24, 2.45) is 11.8 Å². The minimum atomic E-state index is -0.459. The first kappa shape index (κ1) is 16.4. The summed E-state index contributed by atoms with van der Waals surface area (Å²) in [5, 5.41) is 3.52. The maximum Gasteiger partial charge on any atom is 0.126 e. The van der Waals surface area contributed by atoms with Gasteiger partial charge in [-0.2, -0.15) is 0 Å². The van der Waals surface area contributed by atoms with Crippen LogP contribution in [0.25, 0.3) is 0 Å². The lowest BCUT2D eigenvalue weighted by Crippen LogP contribution is -2.29. The minimum Gasteiger partial charge on any atom is -0.316 e. The van der Waals surface area contributed by atoms with Gasteiger partial charge in [0.25, 0.3) is 0 Å². The Kier molecular flexibility index (Phi) is 6.62. The van der Waals surface area contributed by atoms with Gasteiger partial charge >= 0.3 is 0 Å². The molecule has 1 aliphatic carbocycles. The predicted octanol–water partition coefficient (Wildman–Crippen LogP) is 4.70. The van der Waals surface area contributed by atoms with E-state index in [4.69, 9.17) is 0 Å². The van der Waals surface area contributed by atoms with E-state index in [1.807, 2.05) is 0 Å². The van der Waals surface area contributed by atoms with Crippen LogP contribution in [0.15, 0.2) is 18.2 Å². The van der Waals surface area contributed by atoms with Crippen LogP contribution in [0.2, 0.25) is 0 Å². The van der Waals surface area contributed by atoms with Gasteiger partial charge in [-0.15, -0.1) is 0 Å². The van der Waals surface area contributed by atoms with E-state index in [9.17, 15) is 8.78 Å². The summed E-state index contributed by atoms with van der Waals surface area (Å²) in [5.74, 6) is 0.252. The molecular formula is C18H27F2N. The Morgan fingerprint density at radius 1 is 1.00 bits per heavy atom. The molecule has 0 spiro atoms. The summed E-state index contributed by atoms with van der Waals surface area (Å²) in [6.45, 7) is 4.27. The third-order valence-electron chi connectivity index (χ3n) is 4.57. The van der Waals surface area contributed by atoms with Crippen LogP contribution in [0, 0.1) is 23.5 Å². The number of rotatable bonds is 6. The Labute approximate surface area is 127 Å². The van der Waals surface area contributed by atoms with Crippen molar-refractivity contribution in [1.82, 2.24) is 5.32 Å². The molecule has 0 saturated heterocycles. The van der Waals surface area contributed by atoms with Gasteiger partial charge in [0.1, 0.15) is 11.6 Å². The minimum absolute atomic E-state index is 0.459. The van der Waals surface area contributed by atoms with Crippen LogP contribution < -0.4 is 5.32 Å². The van der Waals surface area contributed by atoms with E-state index in [0.29, 0.717) is 11.8 Å². The standard InChI is InChI=1S/C18H27F2N/c1-2-8-21-13-16-7-5-3-4-6-15(16)9-14-10-17(19)12-18(20)11-14/h10-12,15-16,21H,2-9,13H2,1H3. The highest BCUT2D eigenvalue weighted by molar-refractivity contribution is 5.18. The highest BCUT2D eigenvalue weighted by Gasteiger charge is 2.23. The van der Waals surface area contributed by atoms with Crippen LogP contribution in [0.4, 0.5) is 8.78 Å². The van der Waals surface area contributed by atoms with Gasteiger partial charge in [-0.1, -0.05) is 26.2 Å². The van der Waals surface area contributed by atoms with E-state index < -0.39 is 11.6 Å². The molecule has 21 heavy (non-hydrogen) atoms. The highest BCUT2D eigenvalue weighted by atomic mass is 19.1. The predicted molar refractivity (Wildman–Crippen MR) is 83.3 cm³/mol. The topological polar surface area (TPSA) is 12.0 Å². The van der Waals surface area contributed by atoms with Crippen LogP contribution in [0.5, 0.6) is 0 Å².